The molecule has 124 valence electrons. The molecule has 0 aliphatic carbocycles. The Labute approximate surface area is 139 Å². The van der Waals surface area contributed by atoms with Gasteiger partial charge in [-0.05, 0) is 31.5 Å². The van der Waals surface area contributed by atoms with Crippen LogP contribution in [-0.2, 0) is 17.9 Å². The molecule has 2 heterocycles. The summed E-state index contributed by atoms with van der Waals surface area (Å²) in [5.41, 5.74) is 4.10. The van der Waals surface area contributed by atoms with Crippen molar-refractivity contribution in [2.75, 3.05) is 0 Å². The van der Waals surface area contributed by atoms with Crippen molar-refractivity contribution in [2.45, 2.75) is 33.9 Å². The average Bonchev–Trinajstić information content (AvgIpc) is 3.12. The molecule has 1 amide bonds. The van der Waals surface area contributed by atoms with Crippen molar-refractivity contribution >= 4 is 5.91 Å². The molecule has 0 bridgehead atoms. The van der Waals surface area contributed by atoms with Gasteiger partial charge in [-0.25, -0.2) is 0 Å². The number of aromatic nitrogens is 4. The van der Waals surface area contributed by atoms with E-state index in [0.717, 1.165) is 22.5 Å². The third-order valence-electron chi connectivity index (χ3n) is 3.58. The molecule has 0 fully saturated rings. The van der Waals surface area contributed by atoms with Gasteiger partial charge in [0.05, 0.1) is 18.8 Å². The standard InChI is InChI=1S/C17H19N5O2/c1-11-7-12(2)22(20-11)10-14-5-4-6-15(8-14)17-19-16(24-21-17)9-18-13(3)23/h4-8H,9-10H2,1-3H3,(H,18,23). The number of carbonyl (C=O) groups is 1. The molecule has 0 radical (unpaired) electrons. The predicted molar refractivity (Wildman–Crippen MR) is 88.1 cm³/mol. The molecule has 3 rings (SSSR count). The highest BCUT2D eigenvalue weighted by Gasteiger charge is 2.10. The summed E-state index contributed by atoms with van der Waals surface area (Å²) in [5.74, 6) is 0.747. The molecule has 2 aromatic heterocycles. The van der Waals surface area contributed by atoms with Gasteiger partial charge in [-0.1, -0.05) is 23.4 Å². The van der Waals surface area contributed by atoms with Crippen LogP contribution < -0.4 is 5.32 Å². The summed E-state index contributed by atoms with van der Waals surface area (Å²) in [5, 5.41) is 11.1. The van der Waals surface area contributed by atoms with E-state index < -0.39 is 0 Å². The largest absolute Gasteiger partial charge is 0.347 e. The normalized spacial score (nSPS) is 10.8. The van der Waals surface area contributed by atoms with Gasteiger partial charge in [-0.15, -0.1) is 0 Å². The SMILES string of the molecule is CC(=O)NCc1nc(-c2cccc(Cn3nc(C)cc3C)c2)no1. The summed E-state index contributed by atoms with van der Waals surface area (Å²) in [4.78, 5) is 15.2. The number of hydrogen-bond acceptors (Lipinski definition) is 5. The first-order valence-corrected chi connectivity index (χ1v) is 7.68. The van der Waals surface area contributed by atoms with E-state index >= 15 is 0 Å². The van der Waals surface area contributed by atoms with Gasteiger partial charge in [-0.3, -0.25) is 9.48 Å². The molecule has 3 aromatic rings. The van der Waals surface area contributed by atoms with Gasteiger partial charge in [0.1, 0.15) is 0 Å². The Morgan fingerprint density at radius 1 is 1.29 bits per heavy atom. The quantitative estimate of drug-likeness (QED) is 0.777. The molecule has 7 nitrogen and oxygen atoms in total. The first-order chi connectivity index (χ1) is 11.5. The lowest BCUT2D eigenvalue weighted by Crippen LogP contribution is -2.18. The van der Waals surface area contributed by atoms with E-state index in [-0.39, 0.29) is 12.5 Å². The van der Waals surface area contributed by atoms with E-state index in [1.165, 1.54) is 6.92 Å². The van der Waals surface area contributed by atoms with Crippen LogP contribution in [0.5, 0.6) is 0 Å². The summed E-state index contributed by atoms with van der Waals surface area (Å²) >= 11 is 0. The third kappa shape index (κ3) is 3.68. The van der Waals surface area contributed by atoms with Gasteiger partial charge in [0.25, 0.3) is 0 Å². The first-order valence-electron chi connectivity index (χ1n) is 7.68. The fourth-order valence-corrected chi connectivity index (χ4v) is 2.46. The second kappa shape index (κ2) is 6.66. The van der Waals surface area contributed by atoms with E-state index in [1.54, 1.807) is 0 Å². The summed E-state index contributed by atoms with van der Waals surface area (Å²) < 4.78 is 7.12. The van der Waals surface area contributed by atoms with Crippen LogP contribution in [0, 0.1) is 13.8 Å². The van der Waals surface area contributed by atoms with Gasteiger partial charge >= 0.3 is 0 Å². The number of carbonyl (C=O) groups excluding carboxylic acids is 1. The van der Waals surface area contributed by atoms with E-state index in [4.69, 9.17) is 4.52 Å². The molecule has 7 heteroatoms. The van der Waals surface area contributed by atoms with Crippen molar-refractivity contribution in [3.8, 4) is 11.4 Å². The number of hydrogen-bond donors (Lipinski definition) is 1. The highest BCUT2D eigenvalue weighted by molar-refractivity contribution is 5.72. The second-order valence-electron chi connectivity index (χ2n) is 5.71. The van der Waals surface area contributed by atoms with Gasteiger partial charge in [0, 0.05) is 18.2 Å². The van der Waals surface area contributed by atoms with Gasteiger partial charge in [0.2, 0.25) is 17.6 Å². The Bertz CT molecular complexity index is 866. The first kappa shape index (κ1) is 15.9. The molecule has 0 aliphatic rings. The highest BCUT2D eigenvalue weighted by atomic mass is 16.5. The molecule has 0 unspecified atom stereocenters. The van der Waals surface area contributed by atoms with Crippen LogP contribution in [0.15, 0.2) is 34.9 Å². The molecule has 0 spiro atoms. The predicted octanol–water partition coefficient (Wildman–Crippen LogP) is 2.23. The minimum absolute atomic E-state index is 0.137. The zero-order valence-electron chi connectivity index (χ0n) is 13.9. The molecule has 0 saturated carbocycles. The van der Waals surface area contributed by atoms with Crippen molar-refractivity contribution < 1.29 is 9.32 Å². The lowest BCUT2D eigenvalue weighted by molar-refractivity contribution is -0.119. The van der Waals surface area contributed by atoms with Crippen molar-refractivity contribution in [3.05, 3.63) is 53.2 Å². The molecule has 24 heavy (non-hydrogen) atoms. The Hall–Kier alpha value is -2.96. The Morgan fingerprint density at radius 3 is 2.83 bits per heavy atom. The monoisotopic (exact) mass is 325 g/mol. The fourth-order valence-electron chi connectivity index (χ4n) is 2.46. The smallest absolute Gasteiger partial charge is 0.246 e. The lowest BCUT2D eigenvalue weighted by Gasteiger charge is -2.05. The lowest BCUT2D eigenvalue weighted by atomic mass is 10.1. The Balaban J connectivity index is 1.78. The number of rotatable bonds is 5. The summed E-state index contributed by atoms with van der Waals surface area (Å²) in [6, 6.07) is 10.00. The number of benzene rings is 1. The average molecular weight is 325 g/mol. The summed E-state index contributed by atoms with van der Waals surface area (Å²) in [6.07, 6.45) is 0. The zero-order chi connectivity index (χ0) is 17.1. The Morgan fingerprint density at radius 2 is 2.12 bits per heavy atom. The van der Waals surface area contributed by atoms with Crippen LogP contribution in [0.1, 0.15) is 29.8 Å². The number of nitrogens with one attached hydrogen (secondary N) is 1. The summed E-state index contributed by atoms with van der Waals surface area (Å²) in [7, 11) is 0. The van der Waals surface area contributed by atoms with Crippen molar-refractivity contribution in [2.24, 2.45) is 0 Å². The third-order valence-corrected chi connectivity index (χ3v) is 3.58. The van der Waals surface area contributed by atoms with E-state index in [9.17, 15) is 4.79 Å². The van der Waals surface area contributed by atoms with Gasteiger partial charge < -0.3 is 9.84 Å². The molecule has 0 atom stereocenters. The topological polar surface area (TPSA) is 85.8 Å². The molecule has 0 aliphatic heterocycles. The van der Waals surface area contributed by atoms with Crippen LogP contribution in [-0.4, -0.2) is 25.8 Å². The maximum Gasteiger partial charge on any atom is 0.246 e. The zero-order valence-corrected chi connectivity index (χ0v) is 13.9. The molecular formula is C17H19N5O2. The van der Waals surface area contributed by atoms with Crippen LogP contribution in [0.2, 0.25) is 0 Å². The number of amides is 1. The van der Waals surface area contributed by atoms with Gasteiger partial charge in [-0.2, -0.15) is 10.1 Å². The Kier molecular flexibility index (Phi) is 4.41. The number of aryl methyl sites for hydroxylation is 2. The van der Waals surface area contributed by atoms with E-state index in [0.29, 0.717) is 18.3 Å². The second-order valence-corrected chi connectivity index (χ2v) is 5.71. The number of nitrogens with zero attached hydrogens (tertiary/aromatic N) is 4. The minimum atomic E-state index is -0.137. The van der Waals surface area contributed by atoms with Crippen LogP contribution in [0.4, 0.5) is 0 Å². The molecular weight excluding hydrogens is 306 g/mol. The van der Waals surface area contributed by atoms with Crippen molar-refractivity contribution in [1.82, 2.24) is 25.2 Å². The maximum absolute atomic E-state index is 10.9. The van der Waals surface area contributed by atoms with Crippen molar-refractivity contribution in [1.29, 1.82) is 0 Å². The maximum atomic E-state index is 10.9. The molecule has 0 saturated heterocycles. The van der Waals surface area contributed by atoms with E-state index in [2.05, 4.69) is 26.6 Å². The minimum Gasteiger partial charge on any atom is -0.347 e. The molecule has 1 N–H and O–H groups in total. The summed E-state index contributed by atoms with van der Waals surface area (Å²) in [6.45, 7) is 6.38. The van der Waals surface area contributed by atoms with E-state index in [1.807, 2.05) is 42.8 Å². The molecule has 1 aromatic carbocycles. The fraction of sp³-hybridized carbons (Fsp3) is 0.294. The van der Waals surface area contributed by atoms with Crippen LogP contribution in [0.3, 0.4) is 0 Å². The van der Waals surface area contributed by atoms with Crippen LogP contribution in [0.25, 0.3) is 11.4 Å². The van der Waals surface area contributed by atoms with Gasteiger partial charge in [0.15, 0.2) is 0 Å². The highest BCUT2D eigenvalue weighted by Crippen LogP contribution is 2.18. The van der Waals surface area contributed by atoms with Crippen LogP contribution >= 0.6 is 0 Å². The van der Waals surface area contributed by atoms with Crippen molar-refractivity contribution in [3.63, 3.8) is 0 Å².